The van der Waals surface area contributed by atoms with Crippen LogP contribution in [0.2, 0.25) is 0 Å². The van der Waals surface area contributed by atoms with Crippen LogP contribution in [0.5, 0.6) is 5.75 Å². The zero-order chi connectivity index (χ0) is 13.8. The van der Waals surface area contributed by atoms with Gasteiger partial charge in [0, 0.05) is 28.0 Å². The minimum absolute atomic E-state index is 0.357. The summed E-state index contributed by atoms with van der Waals surface area (Å²) < 4.78 is 6.13. The number of nitrogens with one attached hydrogen (secondary N) is 2. The van der Waals surface area contributed by atoms with Gasteiger partial charge in [-0.2, -0.15) is 4.98 Å². The van der Waals surface area contributed by atoms with Gasteiger partial charge in [-0.3, -0.25) is 5.43 Å². The zero-order valence-corrected chi connectivity index (χ0v) is 12.2. The maximum atomic E-state index is 5.30. The number of methoxy groups -OCH3 is 1. The average Bonchev–Trinajstić information content (AvgIpc) is 2.40. The van der Waals surface area contributed by atoms with Crippen molar-refractivity contribution in [3.63, 3.8) is 0 Å². The Morgan fingerprint density at radius 2 is 2.11 bits per heavy atom. The normalized spacial score (nSPS) is 10.1. The van der Waals surface area contributed by atoms with Crippen molar-refractivity contribution in [3.8, 4) is 5.75 Å². The van der Waals surface area contributed by atoms with Crippen molar-refractivity contribution in [3.05, 3.63) is 34.4 Å². The lowest BCUT2D eigenvalue weighted by molar-refractivity contribution is 0.415. The zero-order valence-electron chi connectivity index (χ0n) is 10.6. The summed E-state index contributed by atoms with van der Waals surface area (Å²) in [7, 11) is 1.62. The maximum Gasteiger partial charge on any atom is 0.239 e. The molecule has 0 spiro atoms. The van der Waals surface area contributed by atoms with Gasteiger partial charge < -0.3 is 10.1 Å². The van der Waals surface area contributed by atoms with Gasteiger partial charge in [0.2, 0.25) is 5.95 Å². The maximum absolute atomic E-state index is 5.30. The molecule has 0 atom stereocenters. The summed E-state index contributed by atoms with van der Waals surface area (Å²) in [6, 6.07) is 5.69. The van der Waals surface area contributed by atoms with Crippen LogP contribution in [0.25, 0.3) is 0 Å². The van der Waals surface area contributed by atoms with Crippen LogP contribution in [0.1, 0.15) is 5.56 Å². The minimum atomic E-state index is 0.357. The highest BCUT2D eigenvalue weighted by molar-refractivity contribution is 9.10. The summed E-state index contributed by atoms with van der Waals surface area (Å²) in [5.41, 5.74) is 4.19. The molecule has 19 heavy (non-hydrogen) atoms. The molecule has 0 radical (unpaired) electrons. The third kappa shape index (κ3) is 3.33. The van der Waals surface area contributed by atoms with Crippen LogP contribution in [0, 0.1) is 6.92 Å². The Balaban J connectivity index is 2.32. The lowest BCUT2D eigenvalue weighted by Gasteiger charge is -2.11. The van der Waals surface area contributed by atoms with Gasteiger partial charge in [0.15, 0.2) is 0 Å². The molecule has 1 heterocycles. The average molecular weight is 324 g/mol. The Bertz CT molecular complexity index is 590. The third-order valence-electron chi connectivity index (χ3n) is 2.47. The number of hydrogen-bond donors (Lipinski definition) is 3. The van der Waals surface area contributed by atoms with Crippen molar-refractivity contribution in [1.29, 1.82) is 0 Å². The Labute approximate surface area is 119 Å². The molecule has 0 amide bonds. The van der Waals surface area contributed by atoms with Gasteiger partial charge in [-0.1, -0.05) is 15.9 Å². The summed E-state index contributed by atoms with van der Waals surface area (Å²) in [5, 5.41) is 3.21. The molecule has 0 aliphatic carbocycles. The Morgan fingerprint density at radius 1 is 1.32 bits per heavy atom. The summed E-state index contributed by atoms with van der Waals surface area (Å²) in [6.07, 6.45) is 1.69. The summed E-state index contributed by atoms with van der Waals surface area (Å²) >= 11 is 3.43. The van der Waals surface area contributed by atoms with E-state index < -0.39 is 0 Å². The molecule has 1 aromatic carbocycles. The van der Waals surface area contributed by atoms with Gasteiger partial charge in [-0.05, 0) is 19.1 Å². The Morgan fingerprint density at radius 3 is 2.79 bits per heavy atom. The molecule has 6 nitrogen and oxygen atoms in total. The number of anilines is 3. The van der Waals surface area contributed by atoms with E-state index in [0.717, 1.165) is 21.5 Å². The lowest BCUT2D eigenvalue weighted by atomic mass is 10.3. The fourth-order valence-corrected chi connectivity index (χ4v) is 2.00. The number of ether oxygens (including phenoxy) is 1. The van der Waals surface area contributed by atoms with Gasteiger partial charge in [0.05, 0.1) is 7.11 Å². The quantitative estimate of drug-likeness (QED) is 0.592. The van der Waals surface area contributed by atoms with E-state index in [0.29, 0.717) is 11.8 Å². The van der Waals surface area contributed by atoms with Crippen molar-refractivity contribution < 1.29 is 4.74 Å². The number of halogens is 1. The number of benzene rings is 1. The van der Waals surface area contributed by atoms with Crippen LogP contribution in [-0.2, 0) is 0 Å². The molecule has 4 N–H and O–H groups in total. The summed E-state index contributed by atoms with van der Waals surface area (Å²) in [5.74, 6) is 7.09. The number of hydrogen-bond acceptors (Lipinski definition) is 6. The molecule has 1 aromatic heterocycles. The largest absolute Gasteiger partial charge is 0.497 e. The van der Waals surface area contributed by atoms with Gasteiger partial charge in [-0.15, -0.1) is 0 Å². The highest BCUT2D eigenvalue weighted by Crippen LogP contribution is 2.27. The number of rotatable bonds is 4. The van der Waals surface area contributed by atoms with Crippen LogP contribution in [-0.4, -0.2) is 17.1 Å². The number of nitrogens with two attached hydrogens (primary N) is 1. The molecule has 0 unspecified atom stereocenters. The predicted octanol–water partition coefficient (Wildman–Crippen LogP) is 2.59. The van der Waals surface area contributed by atoms with Gasteiger partial charge in [0.25, 0.3) is 0 Å². The molecule has 0 aliphatic rings. The van der Waals surface area contributed by atoms with Crippen molar-refractivity contribution in [2.24, 2.45) is 5.84 Å². The number of aryl methyl sites for hydroxylation is 1. The number of hydrazine groups is 1. The second-order valence-corrected chi connectivity index (χ2v) is 4.79. The van der Waals surface area contributed by atoms with E-state index in [4.69, 9.17) is 10.6 Å². The Kier molecular flexibility index (Phi) is 4.18. The van der Waals surface area contributed by atoms with Crippen LogP contribution < -0.4 is 21.3 Å². The van der Waals surface area contributed by atoms with Gasteiger partial charge in [-0.25, -0.2) is 10.8 Å². The lowest BCUT2D eigenvalue weighted by Crippen LogP contribution is -2.11. The fraction of sp³-hybridized carbons (Fsp3) is 0.167. The van der Waals surface area contributed by atoms with Crippen LogP contribution in [0.15, 0.2) is 28.9 Å². The number of nitrogens with zero attached hydrogens (tertiary/aromatic N) is 2. The third-order valence-corrected chi connectivity index (χ3v) is 2.93. The van der Waals surface area contributed by atoms with E-state index >= 15 is 0 Å². The summed E-state index contributed by atoms with van der Waals surface area (Å²) in [4.78, 5) is 8.29. The minimum Gasteiger partial charge on any atom is -0.497 e. The van der Waals surface area contributed by atoms with E-state index in [1.165, 1.54) is 0 Å². The first-order chi connectivity index (χ1) is 9.12. The van der Waals surface area contributed by atoms with Crippen LogP contribution in [0.3, 0.4) is 0 Å². The van der Waals surface area contributed by atoms with Crippen molar-refractivity contribution in [2.45, 2.75) is 6.92 Å². The number of nitrogen functional groups attached to an aromatic ring is 1. The molecule has 0 saturated heterocycles. The van der Waals surface area contributed by atoms with E-state index in [-0.39, 0.29) is 0 Å². The highest BCUT2D eigenvalue weighted by Gasteiger charge is 2.05. The molecule has 0 saturated carbocycles. The molecular weight excluding hydrogens is 310 g/mol. The molecule has 0 bridgehead atoms. The van der Waals surface area contributed by atoms with Gasteiger partial charge in [0.1, 0.15) is 11.6 Å². The first-order valence-corrected chi connectivity index (χ1v) is 6.33. The molecule has 2 rings (SSSR count). The van der Waals surface area contributed by atoms with Crippen molar-refractivity contribution in [1.82, 2.24) is 9.97 Å². The molecule has 2 aromatic rings. The van der Waals surface area contributed by atoms with Crippen molar-refractivity contribution in [2.75, 3.05) is 17.9 Å². The number of aromatic nitrogens is 2. The predicted molar refractivity (Wildman–Crippen MR) is 78.6 cm³/mol. The summed E-state index contributed by atoms with van der Waals surface area (Å²) in [6.45, 7) is 1.91. The first kappa shape index (κ1) is 13.6. The standard InChI is InChI=1S/C12H14BrN5O/c1-7-6-15-12(18-14)17-11(7)16-9-3-8(13)4-10(5-9)19-2/h3-6H,14H2,1-2H3,(H2,15,16,17,18). The van der Waals surface area contributed by atoms with E-state index in [2.05, 4.69) is 36.6 Å². The molecular formula is C12H14BrN5O. The van der Waals surface area contributed by atoms with Crippen LogP contribution in [0.4, 0.5) is 17.5 Å². The Hall–Kier alpha value is -1.86. The molecule has 7 heteroatoms. The van der Waals surface area contributed by atoms with Crippen molar-refractivity contribution >= 4 is 33.4 Å². The van der Waals surface area contributed by atoms with Gasteiger partial charge >= 0.3 is 0 Å². The van der Waals surface area contributed by atoms with E-state index in [1.807, 2.05) is 25.1 Å². The van der Waals surface area contributed by atoms with E-state index in [1.54, 1.807) is 13.3 Å². The molecule has 100 valence electrons. The first-order valence-electron chi connectivity index (χ1n) is 5.54. The SMILES string of the molecule is COc1cc(Br)cc(Nc2nc(NN)ncc2C)c1. The second-order valence-electron chi connectivity index (χ2n) is 3.87. The monoisotopic (exact) mass is 323 g/mol. The molecule has 0 aliphatic heterocycles. The second kappa shape index (κ2) is 5.85. The van der Waals surface area contributed by atoms with E-state index in [9.17, 15) is 0 Å². The highest BCUT2D eigenvalue weighted by atomic mass is 79.9. The topological polar surface area (TPSA) is 85.1 Å². The molecule has 0 fully saturated rings. The smallest absolute Gasteiger partial charge is 0.239 e. The fourth-order valence-electron chi connectivity index (χ4n) is 1.53. The van der Waals surface area contributed by atoms with Crippen LogP contribution >= 0.6 is 15.9 Å².